The molecule has 0 spiro atoms. The Balaban J connectivity index is 0.000000295. The number of amides is 3. The van der Waals surface area contributed by atoms with Crippen LogP contribution in [-0.2, 0) is 55.3 Å². The van der Waals surface area contributed by atoms with Crippen molar-refractivity contribution in [3.63, 3.8) is 0 Å². The van der Waals surface area contributed by atoms with E-state index in [2.05, 4.69) is 49.9 Å². The van der Waals surface area contributed by atoms with E-state index in [1.165, 1.54) is 30.1 Å². The van der Waals surface area contributed by atoms with Crippen molar-refractivity contribution in [2.75, 3.05) is 58.7 Å². The predicted molar refractivity (Wildman–Crippen MR) is 327 cm³/mol. The van der Waals surface area contributed by atoms with E-state index in [4.69, 9.17) is 5.11 Å². The van der Waals surface area contributed by atoms with Crippen LogP contribution in [0.2, 0.25) is 0 Å². The topological polar surface area (TPSA) is 339 Å². The van der Waals surface area contributed by atoms with Gasteiger partial charge in [-0.15, -0.1) is 0 Å². The van der Waals surface area contributed by atoms with Crippen LogP contribution in [0, 0.1) is 0 Å². The zero-order valence-electron chi connectivity index (χ0n) is 49.8. The number of anilines is 1. The smallest absolute Gasteiger partial charge is 0.255 e. The highest BCUT2D eigenvalue weighted by atomic mass is 16.4. The van der Waals surface area contributed by atoms with E-state index in [1.54, 1.807) is 74.3 Å². The summed E-state index contributed by atoms with van der Waals surface area (Å²) in [6.07, 6.45) is -1.94. The van der Waals surface area contributed by atoms with Gasteiger partial charge in [0.1, 0.15) is 42.7 Å². The van der Waals surface area contributed by atoms with Crippen LogP contribution in [0.15, 0.2) is 165 Å². The molecule has 3 amide bonds. The first-order valence-electron chi connectivity index (χ1n) is 28.9. The standard InChI is InChI=1S/C38H49N7O6.C26H33N5O6/c1-3-33(46)37(50)38(51)34(47)26-43(2)36(49)22-28-13-15-29(16-14-28)42-35(48)27-45(25-32-12-6-9-19-41-32)21-20-44(23-30-10-4-7-17-39-30)24-31-11-5-8-18-40-31;1-30(16-22(33)24(35)25(36)23(34)17-32)26(37)18-8-9-21(29-12-18)15-31(13-19-6-2-4-10-27-19)14-20-7-3-5-11-28-20/h4-19,33-34,37-38,46-47,50-51H,3,20-27H2,1-2H3,(H,42,48);2-12,22-25,32-36H,13-17H2,1H3. The average molecular weight is 1210 g/mol. The molecule has 0 fully saturated rings. The van der Waals surface area contributed by atoms with Crippen molar-refractivity contribution in [2.24, 2.45) is 0 Å². The number of nitrogens with zero attached hydrogens (tertiary/aromatic N) is 11. The molecule has 8 unspecified atom stereocenters. The van der Waals surface area contributed by atoms with Crippen LogP contribution >= 0.6 is 0 Å². The van der Waals surface area contributed by atoms with E-state index >= 15 is 0 Å². The van der Waals surface area contributed by atoms with Crippen LogP contribution in [0.1, 0.15) is 63.4 Å². The molecule has 1 aromatic carbocycles. The largest absolute Gasteiger partial charge is 0.394 e. The summed E-state index contributed by atoms with van der Waals surface area (Å²) in [7, 11) is 2.92. The second-order valence-corrected chi connectivity index (χ2v) is 21.4. The highest BCUT2D eigenvalue weighted by Gasteiger charge is 2.33. The fourth-order valence-electron chi connectivity index (χ4n) is 9.22. The molecule has 8 atom stereocenters. The minimum absolute atomic E-state index is 0.0268. The van der Waals surface area contributed by atoms with Crippen molar-refractivity contribution < 1.29 is 60.3 Å². The van der Waals surface area contributed by atoms with E-state index in [1.807, 2.05) is 91.0 Å². The number of hydrogen-bond donors (Lipinski definition) is 10. The summed E-state index contributed by atoms with van der Waals surface area (Å²) in [6.45, 7) is 5.09. The Labute approximate surface area is 512 Å². The van der Waals surface area contributed by atoms with E-state index in [0.29, 0.717) is 63.6 Å². The van der Waals surface area contributed by atoms with Gasteiger partial charge in [-0.25, -0.2) is 0 Å². The second-order valence-electron chi connectivity index (χ2n) is 21.4. The number of carbonyl (C=O) groups is 3. The second kappa shape index (κ2) is 36.4. The number of aliphatic hydroxyl groups is 9. The van der Waals surface area contributed by atoms with Gasteiger partial charge in [-0.1, -0.05) is 49.4 Å². The molecule has 0 saturated heterocycles. The fraction of sp³-hybridized carbons (Fsp3) is 0.391. The minimum Gasteiger partial charge on any atom is -0.394 e. The molecule has 24 heteroatoms. The number of carbonyl (C=O) groups excluding carboxylic acids is 3. The molecular weight excluding hydrogens is 1130 g/mol. The lowest BCUT2D eigenvalue weighted by atomic mass is 10.0. The lowest BCUT2D eigenvalue weighted by Gasteiger charge is -2.29. The third-order valence-corrected chi connectivity index (χ3v) is 14.3. The molecule has 10 N–H and O–H groups in total. The number of aliphatic hydroxyl groups excluding tert-OH is 9. The van der Waals surface area contributed by atoms with E-state index in [0.717, 1.165) is 34.2 Å². The Morgan fingerprint density at radius 3 is 1.26 bits per heavy atom. The van der Waals surface area contributed by atoms with Gasteiger partial charge in [0, 0.05) is 122 Å². The lowest BCUT2D eigenvalue weighted by molar-refractivity contribution is -0.135. The Morgan fingerprint density at radius 2 is 0.852 bits per heavy atom. The molecule has 0 aliphatic carbocycles. The van der Waals surface area contributed by atoms with Gasteiger partial charge in [0.25, 0.3) is 5.91 Å². The van der Waals surface area contributed by atoms with Gasteiger partial charge >= 0.3 is 0 Å². The van der Waals surface area contributed by atoms with Gasteiger partial charge in [0.05, 0.1) is 65.4 Å². The summed E-state index contributed by atoms with van der Waals surface area (Å²) in [6, 6.07) is 39.2. The van der Waals surface area contributed by atoms with Crippen molar-refractivity contribution in [2.45, 2.75) is 108 Å². The summed E-state index contributed by atoms with van der Waals surface area (Å²) < 4.78 is 0. The number of aromatic nitrogens is 6. The number of rotatable bonds is 33. The van der Waals surface area contributed by atoms with Crippen molar-refractivity contribution >= 4 is 23.4 Å². The van der Waals surface area contributed by atoms with E-state index < -0.39 is 61.3 Å². The van der Waals surface area contributed by atoms with Gasteiger partial charge in [-0.3, -0.25) is 59.0 Å². The number of nitrogens with one attached hydrogen (secondary N) is 1. The third kappa shape index (κ3) is 23.3. The molecule has 7 rings (SSSR count). The van der Waals surface area contributed by atoms with E-state index in [-0.39, 0.29) is 49.9 Å². The maximum absolute atomic E-state index is 13.3. The van der Waals surface area contributed by atoms with Crippen molar-refractivity contribution in [1.29, 1.82) is 0 Å². The van der Waals surface area contributed by atoms with Crippen LogP contribution < -0.4 is 5.32 Å². The number of likely N-dealkylation sites (N-methyl/N-ethyl adjacent to an activating group) is 2. The highest BCUT2D eigenvalue weighted by Crippen LogP contribution is 2.17. The van der Waals surface area contributed by atoms with Gasteiger partial charge in [0.15, 0.2) is 0 Å². The molecule has 6 aromatic heterocycles. The van der Waals surface area contributed by atoms with Crippen molar-refractivity contribution in [3.05, 3.63) is 210 Å². The normalized spacial score (nSPS) is 14.2. The molecule has 0 bridgehead atoms. The molecule has 0 saturated carbocycles. The fourth-order valence-corrected chi connectivity index (χ4v) is 9.22. The number of pyridine rings is 6. The molecule has 6 heterocycles. The molecule has 88 heavy (non-hydrogen) atoms. The van der Waals surface area contributed by atoms with Gasteiger partial charge in [-0.05, 0) is 96.9 Å². The first-order valence-corrected chi connectivity index (χ1v) is 28.9. The molecular formula is C64H82N12O12. The van der Waals surface area contributed by atoms with Gasteiger partial charge < -0.3 is 61.1 Å². The predicted octanol–water partition coefficient (Wildman–Crippen LogP) is 1.45. The Bertz CT molecular complexity index is 3020. The minimum atomic E-state index is -1.76. The van der Waals surface area contributed by atoms with Crippen LogP contribution in [0.5, 0.6) is 0 Å². The maximum Gasteiger partial charge on any atom is 0.255 e. The maximum atomic E-state index is 13.3. The Morgan fingerprint density at radius 1 is 0.455 bits per heavy atom. The zero-order chi connectivity index (χ0) is 63.4. The molecule has 0 aliphatic heterocycles. The molecule has 7 aromatic rings. The van der Waals surface area contributed by atoms with Crippen molar-refractivity contribution in [1.82, 2.24) is 54.4 Å². The summed E-state index contributed by atoms with van der Waals surface area (Å²) in [5.74, 6) is -0.950. The summed E-state index contributed by atoms with van der Waals surface area (Å²) in [4.78, 5) is 74.6. The van der Waals surface area contributed by atoms with Gasteiger partial charge in [0.2, 0.25) is 11.8 Å². The van der Waals surface area contributed by atoms with Crippen LogP contribution in [0.3, 0.4) is 0 Å². The summed E-state index contributed by atoms with van der Waals surface area (Å²) >= 11 is 0. The monoisotopic (exact) mass is 1210 g/mol. The molecule has 24 nitrogen and oxygen atoms in total. The Kier molecular flexibility index (Phi) is 28.6. The third-order valence-electron chi connectivity index (χ3n) is 14.3. The average Bonchev–Trinajstić information content (AvgIpc) is 3.74. The summed E-state index contributed by atoms with van der Waals surface area (Å²) in [5, 5.41) is 91.4. The first-order chi connectivity index (χ1) is 42.4. The summed E-state index contributed by atoms with van der Waals surface area (Å²) in [5.41, 5.74) is 6.84. The number of hydrogen-bond acceptors (Lipinski definition) is 21. The van der Waals surface area contributed by atoms with Crippen LogP contribution in [-0.4, -0.2) is 220 Å². The van der Waals surface area contributed by atoms with Crippen molar-refractivity contribution in [3.8, 4) is 0 Å². The zero-order valence-corrected chi connectivity index (χ0v) is 49.8. The van der Waals surface area contributed by atoms with Crippen LogP contribution in [0.4, 0.5) is 5.69 Å². The van der Waals surface area contributed by atoms with E-state index in [9.17, 15) is 55.2 Å². The SMILES string of the molecule is CCC(O)C(O)C(O)C(O)CN(C)C(=O)Cc1ccc(NC(=O)CN(CCN(Cc2ccccn2)Cc2ccccn2)Cc2ccccn2)cc1.CN(CC(O)C(O)C(O)C(O)CO)C(=O)c1ccc(CN(Cc2ccccn2)Cc2ccccn2)nc1. The molecule has 0 radical (unpaired) electrons. The molecule has 0 aliphatic rings. The first kappa shape index (κ1) is 69.2. The number of benzene rings is 1. The van der Waals surface area contributed by atoms with Crippen LogP contribution in [0.25, 0.3) is 0 Å². The Hall–Kier alpha value is -7.95. The van der Waals surface area contributed by atoms with Gasteiger partial charge in [-0.2, -0.15) is 0 Å². The quantitative estimate of drug-likeness (QED) is 0.0278. The lowest BCUT2D eigenvalue weighted by Crippen LogP contribution is -2.50. The molecule has 470 valence electrons. The highest BCUT2D eigenvalue weighted by molar-refractivity contribution is 5.94.